The molecule has 1 fully saturated rings. The molecule has 31 heavy (non-hydrogen) atoms. The molecule has 0 bridgehead atoms. The van der Waals surface area contributed by atoms with Gasteiger partial charge in [-0.05, 0) is 56.9 Å². The Morgan fingerprint density at radius 1 is 1.13 bits per heavy atom. The lowest BCUT2D eigenvalue weighted by molar-refractivity contribution is -0.126. The van der Waals surface area contributed by atoms with E-state index < -0.39 is 0 Å². The summed E-state index contributed by atoms with van der Waals surface area (Å²) in [4.78, 5) is 17.4. The van der Waals surface area contributed by atoms with Gasteiger partial charge >= 0.3 is 0 Å². The number of nitrogens with one attached hydrogen (secondary N) is 1. The highest BCUT2D eigenvalue weighted by Gasteiger charge is 2.21. The number of benzene rings is 2. The molecule has 0 radical (unpaired) electrons. The van der Waals surface area contributed by atoms with Crippen molar-refractivity contribution in [3.63, 3.8) is 0 Å². The number of aromatic nitrogens is 2. The van der Waals surface area contributed by atoms with Gasteiger partial charge in [-0.1, -0.05) is 49.1 Å². The number of imidazole rings is 1. The average molecular weight is 420 g/mol. The van der Waals surface area contributed by atoms with Crippen LogP contribution < -0.4 is 10.1 Å². The zero-order chi connectivity index (χ0) is 21.6. The minimum atomic E-state index is 0.165. The van der Waals surface area contributed by atoms with Gasteiger partial charge in [0.2, 0.25) is 5.91 Å². The number of hydrogen-bond acceptors (Lipinski definition) is 3. The number of rotatable bonds is 8. The third kappa shape index (κ3) is 5.27. The van der Waals surface area contributed by atoms with Gasteiger partial charge in [0, 0.05) is 12.5 Å². The van der Waals surface area contributed by atoms with Crippen molar-refractivity contribution in [1.82, 2.24) is 14.9 Å². The first-order valence-corrected chi connectivity index (χ1v) is 11.5. The van der Waals surface area contributed by atoms with Crippen molar-refractivity contribution in [2.24, 2.45) is 5.92 Å². The number of amides is 1. The van der Waals surface area contributed by atoms with E-state index in [9.17, 15) is 4.79 Å². The molecule has 5 heteroatoms. The van der Waals surface area contributed by atoms with Gasteiger partial charge in [-0.2, -0.15) is 0 Å². The summed E-state index contributed by atoms with van der Waals surface area (Å²) in [6.07, 6.45) is 6.48. The summed E-state index contributed by atoms with van der Waals surface area (Å²) in [7, 11) is 0. The lowest BCUT2D eigenvalue weighted by Crippen LogP contribution is -2.32. The Hall–Kier alpha value is -2.82. The monoisotopic (exact) mass is 419 g/mol. The second-order valence-electron chi connectivity index (χ2n) is 8.69. The quantitative estimate of drug-likeness (QED) is 0.503. The summed E-state index contributed by atoms with van der Waals surface area (Å²) < 4.78 is 8.24. The van der Waals surface area contributed by atoms with E-state index in [4.69, 9.17) is 9.72 Å². The number of ether oxygens (including phenoxy) is 1. The Morgan fingerprint density at radius 2 is 1.94 bits per heavy atom. The van der Waals surface area contributed by atoms with Gasteiger partial charge in [0.1, 0.15) is 11.6 Å². The van der Waals surface area contributed by atoms with Crippen LogP contribution in [0.3, 0.4) is 0 Å². The molecule has 3 aromatic rings. The summed E-state index contributed by atoms with van der Waals surface area (Å²) in [5, 5.41) is 3.15. The fraction of sp³-hybridized carbons (Fsp3) is 0.462. The van der Waals surface area contributed by atoms with Crippen molar-refractivity contribution in [2.45, 2.75) is 65.5 Å². The molecular weight excluding hydrogens is 386 g/mol. The van der Waals surface area contributed by atoms with Gasteiger partial charge in [-0.3, -0.25) is 4.79 Å². The Balaban J connectivity index is 1.39. The molecule has 1 heterocycles. The van der Waals surface area contributed by atoms with E-state index in [1.54, 1.807) is 0 Å². The molecular formula is C26H33N3O2. The molecule has 0 saturated heterocycles. The molecule has 164 valence electrons. The van der Waals surface area contributed by atoms with Crippen LogP contribution in [0.1, 0.15) is 55.5 Å². The van der Waals surface area contributed by atoms with E-state index in [0.717, 1.165) is 61.3 Å². The smallest absolute Gasteiger partial charge is 0.223 e. The van der Waals surface area contributed by atoms with Gasteiger partial charge in [0.15, 0.2) is 0 Å². The SMILES string of the molecule is Cc1ccc(OCCCn2c(CNC(=O)C3CCCCC3)nc3ccccc32)c(C)c1. The molecule has 0 atom stereocenters. The van der Waals surface area contributed by atoms with E-state index in [1.807, 2.05) is 24.3 Å². The first kappa shape index (κ1) is 21.4. The maximum absolute atomic E-state index is 12.6. The van der Waals surface area contributed by atoms with Crippen LogP contribution in [0, 0.1) is 19.8 Å². The summed E-state index contributed by atoms with van der Waals surface area (Å²) in [6, 6.07) is 14.4. The summed E-state index contributed by atoms with van der Waals surface area (Å²) in [5.74, 6) is 2.20. The van der Waals surface area contributed by atoms with E-state index in [1.165, 1.54) is 17.5 Å². The Labute approximate surface area is 184 Å². The first-order chi connectivity index (χ1) is 15.1. The van der Waals surface area contributed by atoms with E-state index in [2.05, 4.69) is 41.9 Å². The molecule has 4 rings (SSSR count). The van der Waals surface area contributed by atoms with Crippen molar-refractivity contribution in [3.05, 3.63) is 59.4 Å². The van der Waals surface area contributed by atoms with E-state index >= 15 is 0 Å². The van der Waals surface area contributed by atoms with Gasteiger partial charge in [-0.25, -0.2) is 4.98 Å². The van der Waals surface area contributed by atoms with Crippen molar-refractivity contribution < 1.29 is 9.53 Å². The van der Waals surface area contributed by atoms with Crippen molar-refractivity contribution in [3.8, 4) is 5.75 Å². The molecule has 1 aliphatic rings. The predicted octanol–water partition coefficient (Wildman–Crippen LogP) is 5.32. The van der Waals surface area contributed by atoms with Crippen molar-refractivity contribution in [2.75, 3.05) is 6.61 Å². The van der Waals surface area contributed by atoms with Crippen molar-refractivity contribution >= 4 is 16.9 Å². The maximum atomic E-state index is 12.6. The highest BCUT2D eigenvalue weighted by Crippen LogP contribution is 2.24. The topological polar surface area (TPSA) is 56.1 Å². The molecule has 1 aromatic heterocycles. The lowest BCUT2D eigenvalue weighted by Gasteiger charge is -2.20. The van der Waals surface area contributed by atoms with Gasteiger partial charge in [0.05, 0.1) is 24.2 Å². The molecule has 1 aliphatic carbocycles. The van der Waals surface area contributed by atoms with Crippen LogP contribution in [-0.4, -0.2) is 22.1 Å². The highest BCUT2D eigenvalue weighted by atomic mass is 16.5. The standard InChI is InChI=1S/C26H33N3O2/c1-19-13-14-24(20(2)17-19)31-16-8-15-29-23-12-7-6-11-22(23)28-25(29)18-27-26(30)21-9-4-3-5-10-21/h6-7,11-14,17,21H,3-5,8-10,15-16,18H2,1-2H3,(H,27,30). The predicted molar refractivity (Wildman–Crippen MR) is 124 cm³/mol. The van der Waals surface area contributed by atoms with Crippen LogP contribution in [0.2, 0.25) is 0 Å². The number of carbonyl (C=O) groups excluding carboxylic acids is 1. The first-order valence-electron chi connectivity index (χ1n) is 11.5. The number of aryl methyl sites for hydroxylation is 3. The van der Waals surface area contributed by atoms with E-state index in [-0.39, 0.29) is 11.8 Å². The largest absolute Gasteiger partial charge is 0.493 e. The van der Waals surface area contributed by atoms with Crippen LogP contribution in [0.5, 0.6) is 5.75 Å². The molecule has 1 N–H and O–H groups in total. The number of hydrogen-bond donors (Lipinski definition) is 1. The average Bonchev–Trinajstić information content (AvgIpc) is 3.14. The van der Waals surface area contributed by atoms with Crippen LogP contribution in [0.15, 0.2) is 42.5 Å². The zero-order valence-electron chi connectivity index (χ0n) is 18.7. The Kier molecular flexibility index (Phi) is 6.90. The second kappa shape index (κ2) is 9.99. The lowest BCUT2D eigenvalue weighted by atomic mass is 9.89. The number of nitrogens with zero attached hydrogens (tertiary/aromatic N) is 2. The molecule has 0 aliphatic heterocycles. The van der Waals surface area contributed by atoms with Gasteiger partial charge in [-0.15, -0.1) is 0 Å². The molecule has 5 nitrogen and oxygen atoms in total. The maximum Gasteiger partial charge on any atom is 0.223 e. The van der Waals surface area contributed by atoms with E-state index in [0.29, 0.717) is 13.2 Å². The second-order valence-corrected chi connectivity index (χ2v) is 8.69. The number of carbonyl (C=O) groups is 1. The third-order valence-corrected chi connectivity index (χ3v) is 6.24. The van der Waals surface area contributed by atoms with Crippen LogP contribution in [0.4, 0.5) is 0 Å². The van der Waals surface area contributed by atoms with Crippen LogP contribution in [0.25, 0.3) is 11.0 Å². The highest BCUT2D eigenvalue weighted by molar-refractivity contribution is 5.79. The fourth-order valence-electron chi connectivity index (χ4n) is 4.55. The summed E-state index contributed by atoms with van der Waals surface area (Å²) >= 11 is 0. The zero-order valence-corrected chi connectivity index (χ0v) is 18.7. The normalized spacial score (nSPS) is 14.6. The summed E-state index contributed by atoms with van der Waals surface area (Å²) in [6.45, 7) is 6.10. The Morgan fingerprint density at radius 3 is 2.74 bits per heavy atom. The van der Waals surface area contributed by atoms with Crippen LogP contribution >= 0.6 is 0 Å². The molecule has 2 aromatic carbocycles. The van der Waals surface area contributed by atoms with Gasteiger partial charge in [0.25, 0.3) is 0 Å². The number of fused-ring (bicyclic) bond motifs is 1. The molecule has 0 spiro atoms. The van der Waals surface area contributed by atoms with Gasteiger partial charge < -0.3 is 14.6 Å². The minimum absolute atomic E-state index is 0.165. The third-order valence-electron chi connectivity index (χ3n) is 6.24. The van der Waals surface area contributed by atoms with Crippen molar-refractivity contribution in [1.29, 1.82) is 0 Å². The molecule has 1 amide bonds. The van der Waals surface area contributed by atoms with Crippen LogP contribution in [-0.2, 0) is 17.9 Å². The Bertz CT molecular complexity index is 1030. The fourth-order valence-corrected chi connectivity index (χ4v) is 4.55. The number of para-hydroxylation sites is 2. The molecule has 0 unspecified atom stereocenters. The minimum Gasteiger partial charge on any atom is -0.493 e. The summed E-state index contributed by atoms with van der Waals surface area (Å²) in [5.41, 5.74) is 4.49. The molecule has 1 saturated carbocycles.